The number of anilines is 1. The molecule has 1 amide bonds. The molecule has 1 aliphatic heterocycles. The lowest BCUT2D eigenvalue weighted by Crippen LogP contribution is -2.29. The van der Waals surface area contributed by atoms with Gasteiger partial charge in [-0.25, -0.2) is 9.78 Å². The third-order valence-electron chi connectivity index (χ3n) is 5.66. The van der Waals surface area contributed by atoms with E-state index in [4.69, 9.17) is 9.47 Å². The Morgan fingerprint density at radius 1 is 1.16 bits per heavy atom. The third kappa shape index (κ3) is 5.30. The van der Waals surface area contributed by atoms with Crippen LogP contribution in [0.2, 0.25) is 0 Å². The summed E-state index contributed by atoms with van der Waals surface area (Å²) in [5.74, 6) is -2.04. The van der Waals surface area contributed by atoms with Crippen molar-refractivity contribution in [2.75, 3.05) is 18.1 Å². The summed E-state index contributed by atoms with van der Waals surface area (Å²) in [7, 11) is 0. The molecule has 0 bridgehead atoms. The van der Waals surface area contributed by atoms with Gasteiger partial charge in [0.05, 0.1) is 30.5 Å². The van der Waals surface area contributed by atoms with Crippen molar-refractivity contribution in [1.29, 1.82) is 0 Å². The first kappa shape index (κ1) is 26.6. The van der Waals surface area contributed by atoms with Gasteiger partial charge in [0, 0.05) is 10.0 Å². The third-order valence-corrected chi connectivity index (χ3v) is 7.33. The van der Waals surface area contributed by atoms with Crippen molar-refractivity contribution in [3.8, 4) is 5.75 Å². The summed E-state index contributed by atoms with van der Waals surface area (Å²) in [6, 6.07) is 12.9. The lowest BCUT2D eigenvalue weighted by Gasteiger charge is -2.23. The van der Waals surface area contributed by atoms with Gasteiger partial charge in [0.25, 0.3) is 5.78 Å². The Kier molecular flexibility index (Phi) is 8.09. The van der Waals surface area contributed by atoms with Gasteiger partial charge < -0.3 is 14.6 Å². The Labute approximate surface area is 226 Å². The topological polar surface area (TPSA) is 106 Å². The Hall–Kier alpha value is -3.50. The first-order valence-electron chi connectivity index (χ1n) is 11.7. The summed E-state index contributed by atoms with van der Waals surface area (Å²) in [5, 5.41) is 11.5. The Bertz CT molecular complexity index is 1380. The lowest BCUT2D eigenvalue weighted by atomic mass is 9.95. The molecule has 3 aromatic rings. The van der Waals surface area contributed by atoms with Crippen LogP contribution in [0.15, 0.2) is 58.6 Å². The van der Waals surface area contributed by atoms with Crippen LogP contribution in [0.25, 0.3) is 5.76 Å². The van der Waals surface area contributed by atoms with Crippen molar-refractivity contribution in [2.45, 2.75) is 33.2 Å². The molecule has 1 atom stereocenters. The highest BCUT2D eigenvalue weighted by Crippen LogP contribution is 2.44. The molecule has 192 valence electrons. The van der Waals surface area contributed by atoms with Crippen molar-refractivity contribution in [1.82, 2.24) is 4.98 Å². The summed E-state index contributed by atoms with van der Waals surface area (Å²) >= 11 is 4.37. The number of amides is 1. The highest BCUT2D eigenvalue weighted by molar-refractivity contribution is 9.10. The monoisotopic (exact) mass is 584 g/mol. The number of thiazole rings is 1. The van der Waals surface area contributed by atoms with Gasteiger partial charge in [-0.05, 0) is 50.1 Å². The molecule has 1 aromatic heterocycles. The van der Waals surface area contributed by atoms with E-state index < -0.39 is 23.7 Å². The number of aliphatic hydroxyl groups excluding tert-OH is 1. The van der Waals surface area contributed by atoms with Crippen molar-refractivity contribution in [3.63, 3.8) is 0 Å². The van der Waals surface area contributed by atoms with E-state index in [1.165, 1.54) is 4.90 Å². The smallest absolute Gasteiger partial charge is 0.350 e. The molecule has 0 aliphatic carbocycles. The summed E-state index contributed by atoms with van der Waals surface area (Å²) in [5.41, 5.74) is 1.24. The molecule has 1 unspecified atom stereocenters. The van der Waals surface area contributed by atoms with Gasteiger partial charge in [0.2, 0.25) is 0 Å². The number of aromatic nitrogens is 1. The number of benzene rings is 2. The molecule has 8 nitrogen and oxygen atoms in total. The SMILES string of the molecule is CCCOc1cccc(/C(O)=C2\C(=O)C(=O)N(c3nc(C)c(C(=O)OCC)s3)C2c2ccc(Br)cc2)c1. The summed E-state index contributed by atoms with van der Waals surface area (Å²) in [6.45, 7) is 6.01. The van der Waals surface area contributed by atoms with E-state index in [0.29, 0.717) is 29.2 Å². The molecular formula is C27H25BrN2O6S. The number of carbonyl (C=O) groups excluding carboxylic acids is 3. The van der Waals surface area contributed by atoms with Crippen molar-refractivity contribution in [2.24, 2.45) is 0 Å². The number of rotatable bonds is 8. The molecule has 2 heterocycles. The highest BCUT2D eigenvalue weighted by atomic mass is 79.9. The molecule has 0 radical (unpaired) electrons. The second kappa shape index (κ2) is 11.3. The van der Waals surface area contributed by atoms with Gasteiger partial charge in [-0.15, -0.1) is 0 Å². The number of aliphatic hydroxyl groups is 1. The number of aryl methyl sites for hydroxylation is 1. The largest absolute Gasteiger partial charge is 0.507 e. The van der Waals surface area contributed by atoms with Gasteiger partial charge in [-0.1, -0.05) is 58.5 Å². The van der Waals surface area contributed by atoms with Gasteiger partial charge in [-0.2, -0.15) is 0 Å². The predicted molar refractivity (Wildman–Crippen MR) is 144 cm³/mol. The number of ketones is 1. The standard InChI is InChI=1S/C27H25BrN2O6S/c1-4-13-36-19-8-6-7-17(14-19)22(31)20-21(16-9-11-18(28)12-10-16)30(25(33)23(20)32)27-29-15(3)24(37-27)26(34)35-5-2/h6-12,14,21,31H,4-5,13H2,1-3H3/b22-20+. The Morgan fingerprint density at radius 2 is 1.89 bits per heavy atom. The highest BCUT2D eigenvalue weighted by Gasteiger charge is 2.48. The van der Waals surface area contributed by atoms with Crippen LogP contribution in [0, 0.1) is 6.92 Å². The molecule has 0 saturated carbocycles. The Balaban J connectivity index is 1.87. The zero-order valence-corrected chi connectivity index (χ0v) is 22.9. The average Bonchev–Trinajstić information content (AvgIpc) is 3.40. The second-order valence-corrected chi connectivity index (χ2v) is 10.1. The number of halogens is 1. The van der Waals surface area contributed by atoms with E-state index in [2.05, 4.69) is 20.9 Å². The number of nitrogens with zero attached hydrogens (tertiary/aromatic N) is 2. The molecule has 1 saturated heterocycles. The molecule has 37 heavy (non-hydrogen) atoms. The number of esters is 1. The summed E-state index contributed by atoms with van der Waals surface area (Å²) < 4.78 is 11.6. The number of Topliss-reactive ketones (excluding diaryl/α,β-unsaturated/α-hetero) is 1. The molecule has 1 fully saturated rings. The normalized spacial score (nSPS) is 16.8. The molecule has 2 aromatic carbocycles. The lowest BCUT2D eigenvalue weighted by molar-refractivity contribution is -0.132. The van der Waals surface area contributed by atoms with Crippen molar-refractivity contribution in [3.05, 3.63) is 80.3 Å². The van der Waals surface area contributed by atoms with Gasteiger partial charge in [-0.3, -0.25) is 14.5 Å². The van der Waals surface area contributed by atoms with Crippen LogP contribution in [0.1, 0.15) is 52.8 Å². The van der Waals surface area contributed by atoms with E-state index in [1.54, 1.807) is 62.4 Å². The fraction of sp³-hybridized carbons (Fsp3) is 0.259. The number of carbonyl (C=O) groups is 3. The van der Waals surface area contributed by atoms with E-state index in [9.17, 15) is 19.5 Å². The maximum atomic E-state index is 13.4. The van der Waals surface area contributed by atoms with E-state index in [0.717, 1.165) is 22.2 Å². The summed E-state index contributed by atoms with van der Waals surface area (Å²) in [6.07, 6.45) is 0.811. The number of ether oxygens (including phenoxy) is 2. The van der Waals surface area contributed by atoms with E-state index >= 15 is 0 Å². The van der Waals surface area contributed by atoms with Crippen LogP contribution in [-0.2, 0) is 14.3 Å². The Morgan fingerprint density at radius 3 is 2.57 bits per heavy atom. The first-order valence-corrected chi connectivity index (χ1v) is 13.3. The maximum absolute atomic E-state index is 13.4. The molecule has 4 rings (SSSR count). The minimum atomic E-state index is -0.964. The fourth-order valence-corrected chi connectivity index (χ4v) is 5.22. The molecule has 1 N–H and O–H groups in total. The van der Waals surface area contributed by atoms with Crippen LogP contribution in [0.4, 0.5) is 5.13 Å². The van der Waals surface area contributed by atoms with Gasteiger partial charge >= 0.3 is 11.9 Å². The van der Waals surface area contributed by atoms with Gasteiger partial charge in [0.15, 0.2) is 5.13 Å². The van der Waals surface area contributed by atoms with E-state index in [-0.39, 0.29) is 27.9 Å². The van der Waals surface area contributed by atoms with Crippen LogP contribution < -0.4 is 9.64 Å². The molecule has 10 heteroatoms. The van der Waals surface area contributed by atoms with Crippen LogP contribution in [-0.4, -0.2) is 41.0 Å². The average molecular weight is 585 g/mol. The van der Waals surface area contributed by atoms with Crippen molar-refractivity contribution >= 4 is 55.8 Å². The van der Waals surface area contributed by atoms with Gasteiger partial charge in [0.1, 0.15) is 16.4 Å². The maximum Gasteiger partial charge on any atom is 0.350 e. The first-order chi connectivity index (χ1) is 17.8. The fourth-order valence-electron chi connectivity index (χ4n) is 3.97. The minimum absolute atomic E-state index is 0.0782. The van der Waals surface area contributed by atoms with E-state index in [1.807, 2.05) is 6.92 Å². The molecule has 0 spiro atoms. The molecule has 1 aliphatic rings. The second-order valence-electron chi connectivity index (χ2n) is 8.23. The number of hydrogen-bond donors (Lipinski definition) is 1. The number of hydrogen-bond acceptors (Lipinski definition) is 8. The van der Waals surface area contributed by atoms with Crippen LogP contribution in [0.3, 0.4) is 0 Å². The zero-order valence-electron chi connectivity index (χ0n) is 20.5. The van der Waals surface area contributed by atoms with Crippen LogP contribution >= 0.6 is 27.3 Å². The quantitative estimate of drug-likeness (QED) is 0.154. The van der Waals surface area contributed by atoms with Crippen LogP contribution in [0.5, 0.6) is 5.75 Å². The molecular weight excluding hydrogens is 560 g/mol. The zero-order chi connectivity index (χ0) is 26.7. The summed E-state index contributed by atoms with van der Waals surface area (Å²) in [4.78, 5) is 45.1. The minimum Gasteiger partial charge on any atom is -0.507 e. The van der Waals surface area contributed by atoms with Crippen molar-refractivity contribution < 1.29 is 29.0 Å². The predicted octanol–water partition coefficient (Wildman–Crippen LogP) is 5.81.